The van der Waals surface area contributed by atoms with Crippen molar-refractivity contribution in [3.63, 3.8) is 0 Å². The first-order valence-corrected chi connectivity index (χ1v) is 5.91. The smallest absolute Gasteiger partial charge is 0.193 e. The second-order valence-electron chi connectivity index (χ2n) is 2.57. The van der Waals surface area contributed by atoms with E-state index < -0.39 is 0 Å². The standard InChI is InChI=1S/C10H11BrOS/c1-2-13-10(12)7-8-5-3-4-6-9(8)11/h3-6H,2,7H2,1H3. The summed E-state index contributed by atoms with van der Waals surface area (Å²) in [6, 6.07) is 7.83. The van der Waals surface area contributed by atoms with Crippen molar-refractivity contribution in [3.8, 4) is 0 Å². The largest absolute Gasteiger partial charge is 0.287 e. The monoisotopic (exact) mass is 258 g/mol. The second-order valence-corrected chi connectivity index (χ2v) is 4.75. The molecular weight excluding hydrogens is 248 g/mol. The maximum Gasteiger partial charge on any atom is 0.193 e. The molecule has 0 aliphatic carbocycles. The zero-order valence-corrected chi connectivity index (χ0v) is 9.82. The van der Waals surface area contributed by atoms with Gasteiger partial charge in [0.25, 0.3) is 0 Å². The maximum atomic E-state index is 11.3. The molecule has 0 saturated heterocycles. The van der Waals surface area contributed by atoms with Gasteiger partial charge in [-0.15, -0.1) is 0 Å². The van der Waals surface area contributed by atoms with E-state index in [1.807, 2.05) is 31.2 Å². The Balaban J connectivity index is 2.63. The topological polar surface area (TPSA) is 17.1 Å². The first kappa shape index (κ1) is 10.8. The van der Waals surface area contributed by atoms with Gasteiger partial charge in [0, 0.05) is 10.9 Å². The maximum absolute atomic E-state index is 11.3. The number of hydrogen-bond acceptors (Lipinski definition) is 2. The minimum absolute atomic E-state index is 0.231. The average molecular weight is 259 g/mol. The minimum Gasteiger partial charge on any atom is -0.287 e. The first-order valence-electron chi connectivity index (χ1n) is 4.13. The van der Waals surface area contributed by atoms with Crippen molar-refractivity contribution in [2.45, 2.75) is 13.3 Å². The molecule has 1 nitrogen and oxygen atoms in total. The van der Waals surface area contributed by atoms with Crippen molar-refractivity contribution in [3.05, 3.63) is 34.3 Å². The predicted molar refractivity (Wildman–Crippen MR) is 61.0 cm³/mol. The lowest BCUT2D eigenvalue weighted by atomic mass is 10.2. The Morgan fingerprint density at radius 1 is 1.46 bits per heavy atom. The Morgan fingerprint density at radius 3 is 2.77 bits per heavy atom. The number of benzene rings is 1. The van der Waals surface area contributed by atoms with Crippen molar-refractivity contribution in [1.82, 2.24) is 0 Å². The zero-order chi connectivity index (χ0) is 9.68. The summed E-state index contributed by atoms with van der Waals surface area (Å²) < 4.78 is 1.01. The molecule has 1 aromatic rings. The van der Waals surface area contributed by atoms with Crippen LogP contribution in [-0.4, -0.2) is 10.9 Å². The summed E-state index contributed by atoms with van der Waals surface area (Å²) in [4.78, 5) is 11.3. The van der Waals surface area contributed by atoms with Gasteiger partial charge in [0.05, 0.1) is 0 Å². The van der Waals surface area contributed by atoms with Gasteiger partial charge in [0.15, 0.2) is 5.12 Å². The van der Waals surface area contributed by atoms with E-state index in [1.54, 1.807) is 0 Å². The molecule has 13 heavy (non-hydrogen) atoms. The van der Waals surface area contributed by atoms with Crippen molar-refractivity contribution in [2.75, 3.05) is 5.75 Å². The van der Waals surface area contributed by atoms with Crippen molar-refractivity contribution in [2.24, 2.45) is 0 Å². The molecule has 0 N–H and O–H groups in total. The summed E-state index contributed by atoms with van der Waals surface area (Å²) in [5.41, 5.74) is 1.06. The molecule has 70 valence electrons. The highest BCUT2D eigenvalue weighted by Gasteiger charge is 2.05. The number of hydrogen-bond donors (Lipinski definition) is 0. The van der Waals surface area contributed by atoms with Crippen molar-refractivity contribution < 1.29 is 4.79 Å². The highest BCUT2D eigenvalue weighted by Crippen LogP contribution is 2.18. The molecule has 0 saturated carbocycles. The van der Waals surface area contributed by atoms with Crippen LogP contribution in [0.1, 0.15) is 12.5 Å². The average Bonchev–Trinajstić information content (AvgIpc) is 2.09. The van der Waals surface area contributed by atoms with Gasteiger partial charge in [-0.1, -0.05) is 52.8 Å². The Labute approximate surface area is 91.0 Å². The van der Waals surface area contributed by atoms with Crippen LogP contribution in [0.2, 0.25) is 0 Å². The van der Waals surface area contributed by atoms with Crippen LogP contribution in [-0.2, 0) is 11.2 Å². The Morgan fingerprint density at radius 2 is 2.15 bits per heavy atom. The summed E-state index contributed by atoms with van der Waals surface area (Å²) in [7, 11) is 0. The molecule has 0 bridgehead atoms. The van der Waals surface area contributed by atoms with Crippen molar-refractivity contribution >= 4 is 32.8 Å². The molecule has 1 rings (SSSR count). The number of carbonyl (C=O) groups excluding carboxylic acids is 1. The van der Waals surface area contributed by atoms with Crippen LogP contribution < -0.4 is 0 Å². The molecule has 3 heteroatoms. The quantitative estimate of drug-likeness (QED) is 0.828. The molecule has 0 amide bonds. The lowest BCUT2D eigenvalue weighted by Gasteiger charge is -2.01. The fourth-order valence-corrected chi connectivity index (χ4v) is 2.01. The molecule has 1 aromatic carbocycles. The highest BCUT2D eigenvalue weighted by molar-refractivity contribution is 9.10. The summed E-state index contributed by atoms with van der Waals surface area (Å²) in [5, 5.41) is 0.231. The van der Waals surface area contributed by atoms with Gasteiger partial charge in [-0.05, 0) is 17.4 Å². The lowest BCUT2D eigenvalue weighted by Crippen LogP contribution is -1.98. The van der Waals surface area contributed by atoms with Crippen molar-refractivity contribution in [1.29, 1.82) is 0 Å². The van der Waals surface area contributed by atoms with Crippen LogP contribution in [0, 0.1) is 0 Å². The van der Waals surface area contributed by atoms with Gasteiger partial charge in [0.2, 0.25) is 0 Å². The van der Waals surface area contributed by atoms with Crippen LogP contribution in [0.15, 0.2) is 28.7 Å². The minimum atomic E-state index is 0.231. The van der Waals surface area contributed by atoms with Crippen LogP contribution in [0.4, 0.5) is 0 Å². The van der Waals surface area contributed by atoms with E-state index in [2.05, 4.69) is 15.9 Å². The van der Waals surface area contributed by atoms with Crippen LogP contribution in [0.5, 0.6) is 0 Å². The number of rotatable bonds is 3. The van der Waals surface area contributed by atoms with E-state index in [-0.39, 0.29) is 5.12 Å². The normalized spacial score (nSPS) is 10.0. The van der Waals surface area contributed by atoms with Gasteiger partial charge < -0.3 is 0 Å². The molecule has 0 spiro atoms. The molecule has 0 heterocycles. The number of halogens is 1. The highest BCUT2D eigenvalue weighted by atomic mass is 79.9. The van der Waals surface area contributed by atoms with E-state index in [1.165, 1.54) is 11.8 Å². The number of thioether (sulfide) groups is 1. The van der Waals surface area contributed by atoms with E-state index in [4.69, 9.17) is 0 Å². The Hall–Kier alpha value is -0.280. The SMILES string of the molecule is CCSC(=O)Cc1ccccc1Br. The second kappa shape index (κ2) is 5.45. The summed E-state index contributed by atoms with van der Waals surface area (Å²) in [5.74, 6) is 0.850. The lowest BCUT2D eigenvalue weighted by molar-refractivity contribution is -0.110. The van der Waals surface area contributed by atoms with Crippen LogP contribution >= 0.6 is 27.7 Å². The van der Waals surface area contributed by atoms with Crippen LogP contribution in [0.3, 0.4) is 0 Å². The van der Waals surface area contributed by atoms with E-state index in [0.29, 0.717) is 6.42 Å². The van der Waals surface area contributed by atoms with Gasteiger partial charge in [0.1, 0.15) is 0 Å². The van der Waals surface area contributed by atoms with Gasteiger partial charge in [-0.3, -0.25) is 4.79 Å². The fraction of sp³-hybridized carbons (Fsp3) is 0.300. The Kier molecular flexibility index (Phi) is 4.53. The molecule has 0 atom stereocenters. The van der Waals surface area contributed by atoms with Gasteiger partial charge >= 0.3 is 0 Å². The van der Waals surface area contributed by atoms with E-state index in [0.717, 1.165) is 15.8 Å². The third-order valence-corrected chi connectivity index (χ3v) is 3.13. The third-order valence-electron chi connectivity index (χ3n) is 1.60. The molecule has 0 aliphatic rings. The van der Waals surface area contributed by atoms with E-state index in [9.17, 15) is 4.79 Å². The summed E-state index contributed by atoms with van der Waals surface area (Å²) >= 11 is 4.79. The van der Waals surface area contributed by atoms with E-state index >= 15 is 0 Å². The fourth-order valence-electron chi connectivity index (χ4n) is 1.01. The molecule has 0 radical (unpaired) electrons. The summed E-state index contributed by atoms with van der Waals surface area (Å²) in [6.07, 6.45) is 0.514. The zero-order valence-electron chi connectivity index (χ0n) is 7.42. The van der Waals surface area contributed by atoms with Crippen LogP contribution in [0.25, 0.3) is 0 Å². The predicted octanol–water partition coefficient (Wildman–Crippen LogP) is 3.27. The number of carbonyl (C=O) groups is 1. The molecule has 0 aromatic heterocycles. The summed E-state index contributed by atoms with van der Waals surface area (Å²) in [6.45, 7) is 1.99. The molecular formula is C10H11BrOS. The third kappa shape index (κ3) is 3.53. The Bertz CT molecular complexity index is 299. The molecule has 0 aliphatic heterocycles. The first-order chi connectivity index (χ1) is 6.24. The van der Waals surface area contributed by atoms with Gasteiger partial charge in [-0.25, -0.2) is 0 Å². The molecule has 0 unspecified atom stereocenters. The van der Waals surface area contributed by atoms with Gasteiger partial charge in [-0.2, -0.15) is 0 Å². The molecule has 0 fully saturated rings.